The highest BCUT2D eigenvalue weighted by molar-refractivity contribution is 6.06. The first-order chi connectivity index (χ1) is 6.05. The second-order valence-electron chi connectivity index (χ2n) is 3.75. The van der Waals surface area contributed by atoms with Gasteiger partial charge in [0.05, 0.1) is 23.0 Å². The van der Waals surface area contributed by atoms with E-state index in [0.717, 1.165) is 11.4 Å². The fourth-order valence-corrected chi connectivity index (χ4v) is 1.68. The number of likely N-dealkylation sites (N-methyl/N-ethyl adjacent to an activating group) is 1. The number of rotatable bonds is 0. The lowest BCUT2D eigenvalue weighted by atomic mass is 9.91. The van der Waals surface area contributed by atoms with Crippen LogP contribution in [0.2, 0.25) is 0 Å². The van der Waals surface area contributed by atoms with Gasteiger partial charge in [-0.1, -0.05) is 0 Å². The van der Waals surface area contributed by atoms with Gasteiger partial charge in [-0.15, -0.1) is 0 Å². The normalized spacial score (nSPS) is 19.0. The molecule has 0 N–H and O–H groups in total. The van der Waals surface area contributed by atoms with E-state index in [0.29, 0.717) is 0 Å². The van der Waals surface area contributed by atoms with Crippen LogP contribution in [-0.2, 0) is 10.2 Å². The minimum Gasteiger partial charge on any atom is -0.312 e. The Morgan fingerprint density at radius 1 is 1.46 bits per heavy atom. The molecule has 1 aliphatic rings. The van der Waals surface area contributed by atoms with Crippen molar-refractivity contribution in [3.8, 4) is 0 Å². The maximum Gasteiger partial charge on any atom is 0.238 e. The molecule has 2 heterocycles. The maximum absolute atomic E-state index is 11.7. The lowest BCUT2D eigenvalue weighted by Gasteiger charge is -2.15. The first-order valence-electron chi connectivity index (χ1n) is 4.14. The number of carbonyl (C=O) groups is 1. The topological polar surface area (TPSA) is 46.1 Å². The van der Waals surface area contributed by atoms with Crippen LogP contribution in [0.5, 0.6) is 0 Å². The zero-order valence-corrected chi connectivity index (χ0v) is 7.90. The number of hydrogen-bond donors (Lipinski definition) is 0. The van der Waals surface area contributed by atoms with Crippen LogP contribution in [0.25, 0.3) is 0 Å². The van der Waals surface area contributed by atoms with Crippen molar-refractivity contribution in [1.29, 1.82) is 0 Å². The van der Waals surface area contributed by atoms with Crippen LogP contribution in [0.4, 0.5) is 5.69 Å². The summed E-state index contributed by atoms with van der Waals surface area (Å²) >= 11 is 0. The fourth-order valence-electron chi connectivity index (χ4n) is 1.68. The molecule has 0 fully saturated rings. The second-order valence-corrected chi connectivity index (χ2v) is 3.75. The Balaban J connectivity index is 2.68. The van der Waals surface area contributed by atoms with E-state index in [9.17, 15) is 4.79 Å². The molecular weight excluding hydrogens is 166 g/mol. The number of aromatic nitrogens is 2. The number of nitrogens with zero attached hydrogens (tertiary/aromatic N) is 3. The Hall–Kier alpha value is -1.45. The number of hydrogen-bond acceptors (Lipinski definition) is 3. The van der Waals surface area contributed by atoms with E-state index >= 15 is 0 Å². The van der Waals surface area contributed by atoms with E-state index in [1.165, 1.54) is 6.33 Å². The van der Waals surface area contributed by atoms with Crippen LogP contribution in [0, 0.1) is 0 Å². The van der Waals surface area contributed by atoms with Gasteiger partial charge in [0, 0.05) is 7.05 Å². The predicted octanol–water partition coefficient (Wildman–Crippen LogP) is 0.731. The third-order valence-electron chi connectivity index (χ3n) is 2.49. The molecule has 0 unspecified atom stereocenters. The monoisotopic (exact) mass is 177 g/mol. The Labute approximate surface area is 76.6 Å². The predicted molar refractivity (Wildman–Crippen MR) is 48.5 cm³/mol. The number of carbonyl (C=O) groups excluding carboxylic acids is 1. The molecule has 68 valence electrons. The molecule has 0 radical (unpaired) electrons. The van der Waals surface area contributed by atoms with Gasteiger partial charge in [0.15, 0.2) is 0 Å². The number of anilines is 1. The van der Waals surface area contributed by atoms with Gasteiger partial charge < -0.3 is 4.90 Å². The van der Waals surface area contributed by atoms with E-state index in [1.807, 2.05) is 13.8 Å². The molecular formula is C9H11N3O. The minimum absolute atomic E-state index is 0.0722. The summed E-state index contributed by atoms with van der Waals surface area (Å²) in [6.07, 6.45) is 3.15. The summed E-state index contributed by atoms with van der Waals surface area (Å²) in [7, 11) is 1.75. The molecule has 2 rings (SSSR count). The molecule has 0 atom stereocenters. The standard InChI is InChI=1S/C9H11N3O/c1-9(2)7-6(4-10-5-11-7)12(3)8(9)13/h4-5H,1-3H3. The van der Waals surface area contributed by atoms with Crippen molar-refractivity contribution in [2.45, 2.75) is 19.3 Å². The van der Waals surface area contributed by atoms with E-state index in [-0.39, 0.29) is 5.91 Å². The quantitative estimate of drug-likeness (QED) is 0.587. The SMILES string of the molecule is CN1C(=O)C(C)(C)c2ncncc21. The van der Waals surface area contributed by atoms with E-state index in [4.69, 9.17) is 0 Å². The summed E-state index contributed by atoms with van der Waals surface area (Å²) in [5.74, 6) is 0.0722. The van der Waals surface area contributed by atoms with Crippen LogP contribution in [0.15, 0.2) is 12.5 Å². The highest BCUT2D eigenvalue weighted by atomic mass is 16.2. The zero-order chi connectivity index (χ0) is 9.64. The molecule has 0 spiro atoms. The molecule has 1 aliphatic heterocycles. The van der Waals surface area contributed by atoms with Gasteiger partial charge in [0.25, 0.3) is 0 Å². The minimum atomic E-state index is -0.507. The van der Waals surface area contributed by atoms with Gasteiger partial charge in [-0.25, -0.2) is 9.97 Å². The van der Waals surface area contributed by atoms with Crippen LogP contribution in [-0.4, -0.2) is 22.9 Å². The lowest BCUT2D eigenvalue weighted by molar-refractivity contribution is -0.121. The van der Waals surface area contributed by atoms with Gasteiger partial charge in [0.2, 0.25) is 5.91 Å². The van der Waals surface area contributed by atoms with Crippen molar-refractivity contribution in [2.75, 3.05) is 11.9 Å². The smallest absolute Gasteiger partial charge is 0.238 e. The average Bonchev–Trinajstić information content (AvgIpc) is 2.30. The summed E-state index contributed by atoms with van der Waals surface area (Å²) in [5, 5.41) is 0. The molecule has 0 aliphatic carbocycles. The molecule has 1 aromatic rings. The molecule has 0 bridgehead atoms. The van der Waals surface area contributed by atoms with Crippen molar-refractivity contribution >= 4 is 11.6 Å². The largest absolute Gasteiger partial charge is 0.312 e. The summed E-state index contributed by atoms with van der Waals surface area (Å²) in [5.41, 5.74) is 1.13. The van der Waals surface area contributed by atoms with E-state index < -0.39 is 5.41 Å². The summed E-state index contributed by atoms with van der Waals surface area (Å²) < 4.78 is 0. The van der Waals surface area contributed by atoms with Crippen molar-refractivity contribution in [3.05, 3.63) is 18.2 Å². The number of fused-ring (bicyclic) bond motifs is 1. The Morgan fingerprint density at radius 3 is 2.77 bits per heavy atom. The molecule has 0 aromatic carbocycles. The van der Waals surface area contributed by atoms with Crippen LogP contribution >= 0.6 is 0 Å². The third kappa shape index (κ3) is 0.883. The molecule has 1 aromatic heterocycles. The van der Waals surface area contributed by atoms with Crippen molar-refractivity contribution < 1.29 is 4.79 Å². The zero-order valence-electron chi connectivity index (χ0n) is 7.90. The van der Waals surface area contributed by atoms with Gasteiger partial charge in [-0.2, -0.15) is 0 Å². The van der Waals surface area contributed by atoms with Crippen molar-refractivity contribution in [3.63, 3.8) is 0 Å². The molecule has 4 nitrogen and oxygen atoms in total. The van der Waals surface area contributed by atoms with Crippen LogP contribution in [0.1, 0.15) is 19.5 Å². The highest BCUT2D eigenvalue weighted by Gasteiger charge is 2.43. The van der Waals surface area contributed by atoms with Gasteiger partial charge in [0.1, 0.15) is 6.33 Å². The third-order valence-corrected chi connectivity index (χ3v) is 2.49. The summed E-state index contributed by atoms with van der Waals surface area (Å²) in [6, 6.07) is 0. The molecule has 1 amide bonds. The average molecular weight is 177 g/mol. The Kier molecular flexibility index (Phi) is 1.43. The Morgan fingerprint density at radius 2 is 2.15 bits per heavy atom. The molecule has 0 saturated carbocycles. The molecule has 0 saturated heterocycles. The van der Waals surface area contributed by atoms with Gasteiger partial charge in [-0.3, -0.25) is 4.79 Å². The van der Waals surface area contributed by atoms with Gasteiger partial charge >= 0.3 is 0 Å². The van der Waals surface area contributed by atoms with Crippen LogP contribution < -0.4 is 4.90 Å². The van der Waals surface area contributed by atoms with Crippen molar-refractivity contribution in [1.82, 2.24) is 9.97 Å². The molecule has 13 heavy (non-hydrogen) atoms. The van der Waals surface area contributed by atoms with E-state index in [1.54, 1.807) is 18.1 Å². The summed E-state index contributed by atoms with van der Waals surface area (Å²) in [6.45, 7) is 3.76. The van der Waals surface area contributed by atoms with Gasteiger partial charge in [-0.05, 0) is 13.8 Å². The Bertz CT molecular complexity index is 373. The first kappa shape index (κ1) is 8.16. The van der Waals surface area contributed by atoms with Crippen LogP contribution in [0.3, 0.4) is 0 Å². The number of amides is 1. The van der Waals surface area contributed by atoms with E-state index in [2.05, 4.69) is 9.97 Å². The molecule has 4 heteroatoms. The first-order valence-corrected chi connectivity index (χ1v) is 4.14. The maximum atomic E-state index is 11.7. The lowest BCUT2D eigenvalue weighted by Crippen LogP contribution is -2.33. The van der Waals surface area contributed by atoms with Crippen molar-refractivity contribution in [2.24, 2.45) is 0 Å². The highest BCUT2D eigenvalue weighted by Crippen LogP contribution is 2.37. The second kappa shape index (κ2) is 2.28. The summed E-state index contributed by atoms with van der Waals surface area (Å²) in [4.78, 5) is 21.4. The fraction of sp³-hybridized carbons (Fsp3) is 0.444.